The van der Waals surface area contributed by atoms with Crippen LogP contribution >= 0.6 is 0 Å². The van der Waals surface area contributed by atoms with E-state index >= 15 is 0 Å². The number of aromatic nitrogens is 2. The van der Waals surface area contributed by atoms with Crippen molar-refractivity contribution in [3.8, 4) is 0 Å². The molecular formula is C15H17N3O4. The Hall–Kier alpha value is -2.70. The third-order valence-electron chi connectivity index (χ3n) is 3.18. The zero-order valence-electron chi connectivity index (χ0n) is 12.4. The summed E-state index contributed by atoms with van der Waals surface area (Å²) in [7, 11) is 0. The van der Waals surface area contributed by atoms with Crippen LogP contribution in [0.15, 0.2) is 29.1 Å². The number of amides is 1. The molecule has 1 amide bonds. The maximum atomic E-state index is 12.3. The number of ether oxygens (including phenoxy) is 1. The molecule has 22 heavy (non-hydrogen) atoms. The van der Waals surface area contributed by atoms with Gasteiger partial charge in [0.05, 0.1) is 5.39 Å². The van der Waals surface area contributed by atoms with Crippen LogP contribution in [-0.4, -0.2) is 27.8 Å². The minimum absolute atomic E-state index is 0.00301. The molecule has 0 aliphatic rings. The molecule has 0 saturated heterocycles. The lowest BCUT2D eigenvalue weighted by atomic mass is 10.1. The van der Waals surface area contributed by atoms with Crippen molar-refractivity contribution in [3.63, 3.8) is 0 Å². The quantitative estimate of drug-likeness (QED) is 0.824. The first kappa shape index (κ1) is 15.7. The first-order valence-electron chi connectivity index (χ1n) is 6.95. The van der Waals surface area contributed by atoms with E-state index < -0.39 is 18.0 Å². The molecule has 1 atom stereocenters. The van der Waals surface area contributed by atoms with E-state index in [-0.39, 0.29) is 11.3 Å². The van der Waals surface area contributed by atoms with Crippen LogP contribution in [0.4, 0.5) is 0 Å². The van der Waals surface area contributed by atoms with Gasteiger partial charge >= 0.3 is 5.97 Å². The summed E-state index contributed by atoms with van der Waals surface area (Å²) in [6.45, 7) is 3.66. The molecule has 0 spiro atoms. The van der Waals surface area contributed by atoms with E-state index in [2.05, 4.69) is 5.10 Å². The Balaban J connectivity index is 2.57. The van der Waals surface area contributed by atoms with Crippen molar-refractivity contribution in [1.82, 2.24) is 9.78 Å². The van der Waals surface area contributed by atoms with Gasteiger partial charge in [0.2, 0.25) is 0 Å². The van der Waals surface area contributed by atoms with Crippen molar-refractivity contribution in [1.29, 1.82) is 0 Å². The summed E-state index contributed by atoms with van der Waals surface area (Å²) in [5, 5.41) is 4.85. The largest absolute Gasteiger partial charge is 0.448 e. The number of aryl methyl sites for hydroxylation is 1. The fourth-order valence-electron chi connectivity index (χ4n) is 2.02. The summed E-state index contributed by atoms with van der Waals surface area (Å²) in [4.78, 5) is 35.6. The highest BCUT2D eigenvalue weighted by Crippen LogP contribution is 2.15. The zero-order valence-corrected chi connectivity index (χ0v) is 12.4. The minimum atomic E-state index is -1.07. The maximum absolute atomic E-state index is 12.3. The molecular weight excluding hydrogens is 286 g/mol. The van der Waals surface area contributed by atoms with Crippen molar-refractivity contribution in [2.45, 2.75) is 32.9 Å². The van der Waals surface area contributed by atoms with Gasteiger partial charge in [-0.15, -0.1) is 0 Å². The van der Waals surface area contributed by atoms with E-state index in [1.54, 1.807) is 24.3 Å². The molecule has 0 aliphatic carbocycles. The highest BCUT2D eigenvalue weighted by Gasteiger charge is 2.21. The van der Waals surface area contributed by atoms with E-state index in [1.807, 2.05) is 6.92 Å². The summed E-state index contributed by atoms with van der Waals surface area (Å²) in [6.07, 6.45) is -0.378. The van der Waals surface area contributed by atoms with E-state index in [0.717, 1.165) is 0 Å². The van der Waals surface area contributed by atoms with Crippen molar-refractivity contribution >= 4 is 22.6 Å². The number of fused-ring (bicyclic) bond motifs is 1. The predicted molar refractivity (Wildman–Crippen MR) is 80.4 cm³/mol. The van der Waals surface area contributed by atoms with Crippen LogP contribution in [0, 0.1) is 0 Å². The van der Waals surface area contributed by atoms with E-state index in [0.29, 0.717) is 23.7 Å². The van der Waals surface area contributed by atoms with Gasteiger partial charge < -0.3 is 10.5 Å². The highest BCUT2D eigenvalue weighted by molar-refractivity contribution is 6.02. The first-order chi connectivity index (χ1) is 10.5. The Labute approximate surface area is 126 Å². The van der Waals surface area contributed by atoms with Crippen LogP contribution in [0.25, 0.3) is 10.8 Å². The number of benzene rings is 1. The molecule has 1 aromatic heterocycles. The Bertz CT molecular complexity index is 782. The fourth-order valence-corrected chi connectivity index (χ4v) is 2.02. The minimum Gasteiger partial charge on any atom is -0.448 e. The molecule has 7 nitrogen and oxygen atoms in total. The van der Waals surface area contributed by atoms with Gasteiger partial charge in [0.1, 0.15) is 0 Å². The number of primary amides is 1. The lowest BCUT2D eigenvalue weighted by Gasteiger charge is -2.12. The lowest BCUT2D eigenvalue weighted by molar-refractivity contribution is -0.125. The number of hydrogen-bond acceptors (Lipinski definition) is 5. The Morgan fingerprint density at radius 2 is 1.95 bits per heavy atom. The van der Waals surface area contributed by atoms with Gasteiger partial charge in [0.25, 0.3) is 11.5 Å². The standard InChI is InChI=1S/C15H17N3O4/c1-3-8-18-14(20)11-7-5-4-6-10(11)12(17-18)15(21)22-9(2)13(16)19/h4-7,9H,3,8H2,1-2H3,(H2,16,19). The molecule has 1 aromatic carbocycles. The topological polar surface area (TPSA) is 104 Å². The molecule has 0 aliphatic heterocycles. The SMILES string of the molecule is CCCn1nc(C(=O)OC(C)C(N)=O)c2ccccc2c1=O. The van der Waals surface area contributed by atoms with Crippen LogP contribution in [0.2, 0.25) is 0 Å². The van der Waals surface area contributed by atoms with Gasteiger partial charge in [0, 0.05) is 11.9 Å². The van der Waals surface area contributed by atoms with Gasteiger partial charge in [-0.2, -0.15) is 5.10 Å². The van der Waals surface area contributed by atoms with Crippen molar-refractivity contribution in [2.24, 2.45) is 5.73 Å². The summed E-state index contributed by atoms with van der Waals surface area (Å²) >= 11 is 0. The normalized spacial score (nSPS) is 12.1. The van der Waals surface area contributed by atoms with E-state index in [4.69, 9.17) is 10.5 Å². The second kappa shape index (κ2) is 6.38. The van der Waals surface area contributed by atoms with Gasteiger partial charge in [-0.05, 0) is 19.4 Å². The van der Waals surface area contributed by atoms with Crippen LogP contribution in [0.1, 0.15) is 30.8 Å². The van der Waals surface area contributed by atoms with Crippen LogP contribution in [-0.2, 0) is 16.1 Å². The van der Waals surface area contributed by atoms with Gasteiger partial charge in [0.15, 0.2) is 11.8 Å². The molecule has 116 valence electrons. The lowest BCUT2D eigenvalue weighted by Crippen LogP contribution is -2.32. The Morgan fingerprint density at radius 1 is 1.32 bits per heavy atom. The molecule has 0 radical (unpaired) electrons. The van der Waals surface area contributed by atoms with Crippen LogP contribution in [0.3, 0.4) is 0 Å². The molecule has 2 aromatic rings. The molecule has 1 heterocycles. The van der Waals surface area contributed by atoms with Crippen LogP contribution in [0.5, 0.6) is 0 Å². The molecule has 7 heteroatoms. The summed E-state index contributed by atoms with van der Waals surface area (Å²) < 4.78 is 6.22. The number of hydrogen-bond donors (Lipinski definition) is 1. The fraction of sp³-hybridized carbons (Fsp3) is 0.333. The average Bonchev–Trinajstić information content (AvgIpc) is 2.50. The third kappa shape index (κ3) is 2.98. The summed E-state index contributed by atoms with van der Waals surface area (Å²) in [5.41, 5.74) is 4.82. The van der Waals surface area contributed by atoms with E-state index in [1.165, 1.54) is 11.6 Å². The highest BCUT2D eigenvalue weighted by atomic mass is 16.5. The van der Waals surface area contributed by atoms with Crippen molar-refractivity contribution in [3.05, 3.63) is 40.3 Å². The molecule has 1 unspecified atom stereocenters. The van der Waals surface area contributed by atoms with Crippen molar-refractivity contribution < 1.29 is 14.3 Å². The number of carbonyl (C=O) groups is 2. The van der Waals surface area contributed by atoms with Gasteiger partial charge in [-0.25, -0.2) is 9.48 Å². The van der Waals surface area contributed by atoms with E-state index in [9.17, 15) is 14.4 Å². The van der Waals surface area contributed by atoms with Crippen molar-refractivity contribution in [2.75, 3.05) is 0 Å². The van der Waals surface area contributed by atoms with Crippen LogP contribution < -0.4 is 11.3 Å². The number of esters is 1. The third-order valence-corrected chi connectivity index (χ3v) is 3.18. The predicted octanol–water partition coefficient (Wildman–Crippen LogP) is 0.837. The summed E-state index contributed by atoms with van der Waals surface area (Å²) in [5.74, 6) is -1.54. The molecule has 2 N–H and O–H groups in total. The number of nitrogens with zero attached hydrogens (tertiary/aromatic N) is 2. The zero-order chi connectivity index (χ0) is 16.3. The summed E-state index contributed by atoms with van der Waals surface area (Å²) in [6, 6.07) is 6.65. The average molecular weight is 303 g/mol. The maximum Gasteiger partial charge on any atom is 0.360 e. The smallest absolute Gasteiger partial charge is 0.360 e. The molecule has 2 rings (SSSR count). The number of nitrogens with two attached hydrogens (primary N) is 1. The second-order valence-electron chi connectivity index (χ2n) is 4.87. The number of rotatable bonds is 5. The van der Waals surface area contributed by atoms with Gasteiger partial charge in [-0.1, -0.05) is 25.1 Å². The Morgan fingerprint density at radius 3 is 2.55 bits per heavy atom. The van der Waals surface area contributed by atoms with Gasteiger partial charge in [-0.3, -0.25) is 9.59 Å². The number of carbonyl (C=O) groups excluding carboxylic acids is 2. The second-order valence-corrected chi connectivity index (χ2v) is 4.87. The Kier molecular flexibility index (Phi) is 4.55. The molecule has 0 bridgehead atoms. The first-order valence-corrected chi connectivity index (χ1v) is 6.95. The molecule has 0 saturated carbocycles. The monoisotopic (exact) mass is 303 g/mol. The molecule has 0 fully saturated rings.